The van der Waals surface area contributed by atoms with E-state index in [2.05, 4.69) is 53.4 Å². The molecule has 0 spiro atoms. The Balaban J connectivity index is 2.73. The third-order valence-corrected chi connectivity index (χ3v) is 4.30. The molecule has 0 aromatic heterocycles. The standard InChI is InChI=1S/C13H27N/c1-10(2)13(12(5,6)7)8-14(9-13)11(3)4/h10-11H,8-9H2,1-7H3. The second-order valence-electron chi connectivity index (χ2n) is 6.56. The average Bonchev–Trinajstić information content (AvgIpc) is 1.77. The molecule has 0 N–H and O–H groups in total. The summed E-state index contributed by atoms with van der Waals surface area (Å²) in [6.07, 6.45) is 0. The van der Waals surface area contributed by atoms with Crippen molar-refractivity contribution in [3.8, 4) is 0 Å². The van der Waals surface area contributed by atoms with Gasteiger partial charge in [0.15, 0.2) is 0 Å². The molecule has 0 bridgehead atoms. The van der Waals surface area contributed by atoms with Crippen molar-refractivity contribution in [1.82, 2.24) is 4.90 Å². The average molecular weight is 197 g/mol. The smallest absolute Gasteiger partial charge is 0.00607 e. The van der Waals surface area contributed by atoms with Crippen molar-refractivity contribution in [3.05, 3.63) is 0 Å². The summed E-state index contributed by atoms with van der Waals surface area (Å²) in [4.78, 5) is 2.59. The molecule has 84 valence electrons. The molecule has 1 heteroatoms. The molecule has 1 rings (SSSR count). The van der Waals surface area contributed by atoms with Crippen LogP contribution in [0.4, 0.5) is 0 Å². The molecule has 0 amide bonds. The van der Waals surface area contributed by atoms with E-state index in [4.69, 9.17) is 0 Å². The zero-order valence-electron chi connectivity index (χ0n) is 11.0. The first-order valence-corrected chi connectivity index (χ1v) is 5.95. The molecular formula is C13H27N. The quantitative estimate of drug-likeness (QED) is 0.656. The largest absolute Gasteiger partial charge is 0.300 e. The van der Waals surface area contributed by atoms with Crippen molar-refractivity contribution in [2.24, 2.45) is 16.7 Å². The molecule has 1 nitrogen and oxygen atoms in total. The SMILES string of the molecule is CC(C)N1CC(C(C)C)(C(C)(C)C)C1. The Morgan fingerprint density at radius 3 is 1.64 bits per heavy atom. The van der Waals surface area contributed by atoms with Crippen LogP contribution in [0, 0.1) is 16.7 Å². The number of rotatable bonds is 2. The first-order chi connectivity index (χ1) is 6.21. The lowest BCUT2D eigenvalue weighted by atomic mass is 9.56. The zero-order chi connectivity index (χ0) is 11.1. The van der Waals surface area contributed by atoms with Crippen molar-refractivity contribution in [1.29, 1.82) is 0 Å². The number of hydrogen-bond donors (Lipinski definition) is 0. The zero-order valence-corrected chi connectivity index (χ0v) is 11.0. The monoisotopic (exact) mass is 197 g/mol. The Hall–Kier alpha value is -0.0400. The molecule has 0 atom stereocenters. The van der Waals surface area contributed by atoms with Gasteiger partial charge in [0.1, 0.15) is 0 Å². The summed E-state index contributed by atoms with van der Waals surface area (Å²) in [6, 6.07) is 0.712. The number of nitrogens with zero attached hydrogens (tertiary/aromatic N) is 1. The third-order valence-electron chi connectivity index (χ3n) is 4.30. The van der Waals surface area contributed by atoms with Crippen molar-refractivity contribution in [2.45, 2.75) is 54.5 Å². The van der Waals surface area contributed by atoms with Crippen LogP contribution >= 0.6 is 0 Å². The molecule has 1 heterocycles. The fourth-order valence-electron chi connectivity index (χ4n) is 2.75. The van der Waals surface area contributed by atoms with Crippen molar-refractivity contribution in [2.75, 3.05) is 13.1 Å². The predicted octanol–water partition coefficient (Wildman–Crippen LogP) is 3.40. The van der Waals surface area contributed by atoms with Crippen LogP contribution in [0.15, 0.2) is 0 Å². The molecule has 1 aliphatic rings. The van der Waals surface area contributed by atoms with Crippen molar-refractivity contribution >= 4 is 0 Å². The second-order valence-corrected chi connectivity index (χ2v) is 6.56. The number of hydrogen-bond acceptors (Lipinski definition) is 1. The minimum atomic E-state index is 0.437. The van der Waals surface area contributed by atoms with Gasteiger partial charge in [0.25, 0.3) is 0 Å². The van der Waals surface area contributed by atoms with Gasteiger partial charge in [-0.1, -0.05) is 34.6 Å². The maximum atomic E-state index is 2.59. The van der Waals surface area contributed by atoms with E-state index in [-0.39, 0.29) is 0 Å². The first-order valence-electron chi connectivity index (χ1n) is 5.95. The molecule has 0 saturated carbocycles. The van der Waals surface area contributed by atoms with Gasteiger partial charge in [0.2, 0.25) is 0 Å². The van der Waals surface area contributed by atoms with Crippen molar-refractivity contribution in [3.63, 3.8) is 0 Å². The van der Waals surface area contributed by atoms with E-state index < -0.39 is 0 Å². The van der Waals surface area contributed by atoms with Crippen LogP contribution in [0.25, 0.3) is 0 Å². The maximum Gasteiger partial charge on any atom is 0.00607 e. The lowest BCUT2D eigenvalue weighted by Gasteiger charge is -2.61. The lowest BCUT2D eigenvalue weighted by Crippen LogP contribution is -2.66. The second kappa shape index (κ2) is 3.52. The Morgan fingerprint density at radius 2 is 1.43 bits per heavy atom. The highest BCUT2D eigenvalue weighted by molar-refractivity contribution is 5.04. The van der Waals surface area contributed by atoms with Gasteiger partial charge >= 0.3 is 0 Å². The van der Waals surface area contributed by atoms with Gasteiger partial charge < -0.3 is 0 Å². The Kier molecular flexibility index (Phi) is 3.02. The van der Waals surface area contributed by atoms with Crippen LogP contribution in [-0.2, 0) is 0 Å². The fourth-order valence-corrected chi connectivity index (χ4v) is 2.75. The molecule has 0 aromatic carbocycles. The van der Waals surface area contributed by atoms with E-state index in [0.29, 0.717) is 16.9 Å². The maximum absolute atomic E-state index is 2.59. The normalized spacial score (nSPS) is 22.9. The number of likely N-dealkylation sites (tertiary alicyclic amines) is 1. The molecule has 14 heavy (non-hydrogen) atoms. The predicted molar refractivity (Wildman–Crippen MR) is 63.4 cm³/mol. The first kappa shape index (κ1) is 12.0. The van der Waals surface area contributed by atoms with Crippen LogP contribution in [0.5, 0.6) is 0 Å². The van der Waals surface area contributed by atoms with E-state index in [1.807, 2.05) is 0 Å². The highest BCUT2D eigenvalue weighted by Crippen LogP contribution is 2.51. The molecule has 1 saturated heterocycles. The van der Waals surface area contributed by atoms with Gasteiger partial charge in [-0.05, 0) is 25.2 Å². The van der Waals surface area contributed by atoms with Crippen molar-refractivity contribution < 1.29 is 0 Å². The summed E-state index contributed by atoms with van der Waals surface area (Å²) in [5.74, 6) is 0.789. The topological polar surface area (TPSA) is 3.24 Å². The summed E-state index contributed by atoms with van der Waals surface area (Å²) in [5, 5.41) is 0. The Labute approximate surface area is 89.9 Å². The molecule has 0 unspecified atom stereocenters. The van der Waals surface area contributed by atoms with Crippen LogP contribution in [0.3, 0.4) is 0 Å². The highest BCUT2D eigenvalue weighted by Gasteiger charge is 2.53. The summed E-state index contributed by atoms with van der Waals surface area (Å²) < 4.78 is 0. The van der Waals surface area contributed by atoms with Gasteiger partial charge in [0.05, 0.1) is 0 Å². The molecular weight excluding hydrogens is 170 g/mol. The minimum absolute atomic E-state index is 0.437. The summed E-state index contributed by atoms with van der Waals surface area (Å²) in [6.45, 7) is 19.1. The van der Waals surface area contributed by atoms with Gasteiger partial charge in [0, 0.05) is 24.5 Å². The van der Waals surface area contributed by atoms with Gasteiger partial charge in [-0.3, -0.25) is 4.90 Å². The molecule has 0 radical (unpaired) electrons. The lowest BCUT2D eigenvalue weighted by molar-refractivity contribution is -0.126. The van der Waals surface area contributed by atoms with E-state index in [0.717, 1.165) is 5.92 Å². The van der Waals surface area contributed by atoms with E-state index in [9.17, 15) is 0 Å². The summed E-state index contributed by atoms with van der Waals surface area (Å²) in [5.41, 5.74) is 0.976. The minimum Gasteiger partial charge on any atom is -0.300 e. The Morgan fingerprint density at radius 1 is 1.00 bits per heavy atom. The molecule has 0 aromatic rings. The van der Waals surface area contributed by atoms with Crippen LogP contribution in [-0.4, -0.2) is 24.0 Å². The Bertz CT molecular complexity index is 192. The third kappa shape index (κ3) is 1.71. The van der Waals surface area contributed by atoms with E-state index in [1.165, 1.54) is 13.1 Å². The van der Waals surface area contributed by atoms with Crippen LogP contribution in [0.1, 0.15) is 48.5 Å². The highest BCUT2D eigenvalue weighted by atomic mass is 15.2. The van der Waals surface area contributed by atoms with Gasteiger partial charge in [-0.2, -0.15) is 0 Å². The van der Waals surface area contributed by atoms with Crippen LogP contribution in [0.2, 0.25) is 0 Å². The molecule has 1 fully saturated rings. The fraction of sp³-hybridized carbons (Fsp3) is 1.00. The van der Waals surface area contributed by atoms with Crippen LogP contribution < -0.4 is 0 Å². The summed E-state index contributed by atoms with van der Waals surface area (Å²) in [7, 11) is 0. The van der Waals surface area contributed by atoms with E-state index in [1.54, 1.807) is 0 Å². The molecule has 0 aliphatic carbocycles. The molecule has 1 aliphatic heterocycles. The van der Waals surface area contributed by atoms with Gasteiger partial charge in [-0.25, -0.2) is 0 Å². The van der Waals surface area contributed by atoms with Gasteiger partial charge in [-0.15, -0.1) is 0 Å². The summed E-state index contributed by atoms with van der Waals surface area (Å²) >= 11 is 0. The van der Waals surface area contributed by atoms with E-state index >= 15 is 0 Å².